The van der Waals surface area contributed by atoms with E-state index in [0.717, 1.165) is 19.0 Å². The van der Waals surface area contributed by atoms with E-state index in [2.05, 4.69) is 36.3 Å². The summed E-state index contributed by atoms with van der Waals surface area (Å²) in [7, 11) is 0. The molecule has 0 unspecified atom stereocenters. The highest BCUT2D eigenvalue weighted by Gasteiger charge is 2.00. The second-order valence-corrected chi connectivity index (χ2v) is 1.77. The summed E-state index contributed by atoms with van der Waals surface area (Å²) in [5.41, 5.74) is 2.75. The van der Waals surface area contributed by atoms with Crippen molar-refractivity contribution >= 4 is 22.1 Å². The second kappa shape index (κ2) is 2.88. The molecule has 5 heteroatoms. The summed E-state index contributed by atoms with van der Waals surface area (Å²) in [5.74, 6) is 0.793. The molecule has 1 aliphatic heterocycles. The summed E-state index contributed by atoms with van der Waals surface area (Å²) >= 11 is 2.98. The largest absolute Gasteiger partial charge is 0.353 e. The van der Waals surface area contributed by atoms with Gasteiger partial charge in [0, 0.05) is 22.7 Å². The second-order valence-electron chi connectivity index (χ2n) is 1.38. The number of hydrogen-bond acceptors (Lipinski definition) is 4. The van der Waals surface area contributed by atoms with Gasteiger partial charge in [-0.05, 0) is 0 Å². The lowest BCUT2D eigenvalue weighted by Crippen LogP contribution is -2.38. The molecule has 0 aromatic carbocycles. The molecule has 0 radical (unpaired) electrons. The fourth-order valence-electron chi connectivity index (χ4n) is 0.526. The van der Waals surface area contributed by atoms with Crippen molar-refractivity contribution in [3.8, 4) is 0 Å². The maximum absolute atomic E-state index is 4.03. The van der Waals surface area contributed by atoms with Crippen LogP contribution in [0.2, 0.25) is 0 Å². The topological polar surface area (TPSA) is 48.5 Å². The number of rotatable bonds is 1. The average Bonchev–Trinajstić information content (AvgIpc) is 2.19. The van der Waals surface area contributed by atoms with E-state index in [1.54, 1.807) is 0 Å². The molecule has 0 fully saturated rings. The molecule has 0 saturated heterocycles. The molecule has 0 amide bonds. The highest BCUT2D eigenvalue weighted by Crippen LogP contribution is 1.78. The lowest BCUT2D eigenvalue weighted by Gasteiger charge is -1.99. The molecule has 0 aromatic rings. The standard InChI is InChI=1S/C3H7BrN4/c4-8-7-3-5-1-2-6-3/h8H,1-2H2,(H2,5,6,7). The van der Waals surface area contributed by atoms with Gasteiger partial charge in [-0.3, -0.25) is 10.4 Å². The van der Waals surface area contributed by atoms with Crippen LogP contribution in [0.25, 0.3) is 0 Å². The van der Waals surface area contributed by atoms with Crippen molar-refractivity contribution in [2.24, 2.45) is 4.99 Å². The Morgan fingerprint density at radius 2 is 2.62 bits per heavy atom. The van der Waals surface area contributed by atoms with Gasteiger partial charge in [-0.15, -0.1) is 0 Å². The summed E-state index contributed by atoms with van der Waals surface area (Å²) in [6.45, 7) is 1.79. The molecule has 1 aliphatic rings. The van der Waals surface area contributed by atoms with Gasteiger partial charge in [0.1, 0.15) is 0 Å². The van der Waals surface area contributed by atoms with Gasteiger partial charge < -0.3 is 5.32 Å². The summed E-state index contributed by atoms with van der Waals surface area (Å²) in [5, 5.41) is 3.00. The maximum atomic E-state index is 4.03. The normalized spacial score (nSPS) is 17.4. The molecule has 0 bridgehead atoms. The monoisotopic (exact) mass is 178 g/mol. The van der Waals surface area contributed by atoms with Gasteiger partial charge in [0.15, 0.2) is 0 Å². The number of hydrogen-bond donors (Lipinski definition) is 3. The zero-order valence-electron chi connectivity index (χ0n) is 4.24. The predicted octanol–water partition coefficient (Wildman–Crippen LogP) is -0.650. The molecule has 0 spiro atoms. The minimum atomic E-state index is 0.793. The fraction of sp³-hybridized carbons (Fsp3) is 0.667. The van der Waals surface area contributed by atoms with Crippen LogP contribution in [0.3, 0.4) is 0 Å². The highest BCUT2D eigenvalue weighted by atomic mass is 79.9. The molecule has 4 nitrogen and oxygen atoms in total. The van der Waals surface area contributed by atoms with E-state index in [1.165, 1.54) is 0 Å². The van der Waals surface area contributed by atoms with Gasteiger partial charge in [-0.1, -0.05) is 0 Å². The van der Waals surface area contributed by atoms with Crippen molar-refractivity contribution in [2.45, 2.75) is 0 Å². The number of aliphatic imine (C=N–C) groups is 1. The van der Waals surface area contributed by atoms with Crippen LogP contribution in [0, 0.1) is 0 Å². The first-order chi connectivity index (χ1) is 3.93. The van der Waals surface area contributed by atoms with Crippen molar-refractivity contribution in [1.29, 1.82) is 0 Å². The van der Waals surface area contributed by atoms with Crippen LogP contribution in [0.1, 0.15) is 0 Å². The Balaban J connectivity index is 2.23. The first-order valence-corrected chi connectivity index (χ1v) is 3.13. The minimum absolute atomic E-state index is 0.793. The van der Waals surface area contributed by atoms with Crippen molar-refractivity contribution < 1.29 is 0 Å². The van der Waals surface area contributed by atoms with E-state index in [0.29, 0.717) is 0 Å². The fourth-order valence-corrected chi connectivity index (χ4v) is 0.714. The molecule has 8 heavy (non-hydrogen) atoms. The first kappa shape index (κ1) is 5.84. The van der Waals surface area contributed by atoms with Gasteiger partial charge in [0.05, 0.1) is 6.54 Å². The molecule has 0 saturated carbocycles. The van der Waals surface area contributed by atoms with Crippen LogP contribution in [0.4, 0.5) is 0 Å². The van der Waals surface area contributed by atoms with E-state index < -0.39 is 0 Å². The Morgan fingerprint density at radius 1 is 1.75 bits per heavy atom. The maximum Gasteiger partial charge on any atom is 0.206 e. The third kappa shape index (κ3) is 1.34. The number of guanidine groups is 1. The van der Waals surface area contributed by atoms with Gasteiger partial charge in [-0.2, -0.15) is 4.45 Å². The molecule has 3 N–H and O–H groups in total. The number of hydrazine groups is 1. The van der Waals surface area contributed by atoms with Crippen molar-refractivity contribution in [1.82, 2.24) is 15.2 Å². The van der Waals surface area contributed by atoms with E-state index >= 15 is 0 Å². The molecule has 1 rings (SSSR count). The Morgan fingerprint density at radius 3 is 3.12 bits per heavy atom. The quantitative estimate of drug-likeness (QED) is 0.370. The zero-order chi connectivity index (χ0) is 5.82. The predicted molar refractivity (Wildman–Crippen MR) is 35.5 cm³/mol. The van der Waals surface area contributed by atoms with Gasteiger partial charge in [0.2, 0.25) is 5.96 Å². The van der Waals surface area contributed by atoms with E-state index in [1.807, 2.05) is 0 Å². The molecule has 46 valence electrons. The van der Waals surface area contributed by atoms with Gasteiger partial charge in [0.25, 0.3) is 0 Å². The minimum Gasteiger partial charge on any atom is -0.353 e. The summed E-state index contributed by atoms with van der Waals surface area (Å²) in [6.07, 6.45) is 0. The molecular formula is C3H7BrN4. The van der Waals surface area contributed by atoms with Crippen LogP contribution in [-0.2, 0) is 0 Å². The lowest BCUT2D eigenvalue weighted by atomic mass is 10.7. The van der Waals surface area contributed by atoms with Crippen LogP contribution in [-0.4, -0.2) is 19.0 Å². The highest BCUT2D eigenvalue weighted by molar-refractivity contribution is 9.08. The summed E-state index contributed by atoms with van der Waals surface area (Å²) in [4.78, 5) is 4.03. The molecule has 1 heterocycles. The number of nitrogens with one attached hydrogen (secondary N) is 3. The van der Waals surface area contributed by atoms with Crippen LogP contribution < -0.4 is 15.2 Å². The molecule has 0 aromatic heterocycles. The smallest absolute Gasteiger partial charge is 0.206 e. The summed E-state index contributed by atoms with van der Waals surface area (Å²) in [6, 6.07) is 0. The average molecular weight is 179 g/mol. The van der Waals surface area contributed by atoms with Crippen LogP contribution >= 0.6 is 16.1 Å². The van der Waals surface area contributed by atoms with Crippen molar-refractivity contribution in [3.05, 3.63) is 0 Å². The van der Waals surface area contributed by atoms with Crippen LogP contribution in [0.5, 0.6) is 0 Å². The van der Waals surface area contributed by atoms with Crippen LogP contribution in [0.15, 0.2) is 4.99 Å². The van der Waals surface area contributed by atoms with E-state index in [4.69, 9.17) is 0 Å². The Labute approximate surface area is 56.1 Å². The lowest BCUT2D eigenvalue weighted by molar-refractivity contribution is 0.881. The van der Waals surface area contributed by atoms with Crippen molar-refractivity contribution in [2.75, 3.05) is 13.1 Å². The Bertz CT molecular complexity index is 101. The first-order valence-electron chi connectivity index (χ1n) is 2.33. The van der Waals surface area contributed by atoms with Gasteiger partial charge in [-0.25, -0.2) is 0 Å². The zero-order valence-corrected chi connectivity index (χ0v) is 5.83. The number of nitrogens with zero attached hydrogens (tertiary/aromatic N) is 1. The van der Waals surface area contributed by atoms with Crippen molar-refractivity contribution in [3.63, 3.8) is 0 Å². The molecule has 0 atom stereocenters. The summed E-state index contributed by atoms with van der Waals surface area (Å²) < 4.78 is 2.58. The van der Waals surface area contributed by atoms with E-state index in [9.17, 15) is 0 Å². The molecule has 0 aliphatic carbocycles. The van der Waals surface area contributed by atoms with E-state index in [-0.39, 0.29) is 0 Å². The molecular weight excluding hydrogens is 172 g/mol. The SMILES string of the molecule is BrNNC1=NCCN1. The third-order valence-corrected chi connectivity index (χ3v) is 1.04. The number of halogens is 1. The third-order valence-electron chi connectivity index (χ3n) is 0.840. The Hall–Kier alpha value is -0.290. The van der Waals surface area contributed by atoms with Gasteiger partial charge >= 0.3 is 0 Å². The Kier molecular flexibility index (Phi) is 2.11.